The topological polar surface area (TPSA) is 110 Å². The first-order valence-corrected chi connectivity index (χ1v) is 8.66. The van der Waals surface area contributed by atoms with Crippen LogP contribution >= 0.6 is 11.8 Å². The average Bonchev–Trinajstić information content (AvgIpc) is 2.85. The highest BCUT2D eigenvalue weighted by Crippen LogP contribution is 2.28. The van der Waals surface area contributed by atoms with Gasteiger partial charge in [-0.25, -0.2) is 0 Å². The molecule has 1 heterocycles. The first-order valence-electron chi connectivity index (χ1n) is 7.43. The third kappa shape index (κ3) is 2.93. The van der Waals surface area contributed by atoms with E-state index in [0.717, 1.165) is 4.90 Å². The fourth-order valence-corrected chi connectivity index (χ4v) is 3.06. The number of hydrogen-bond donors (Lipinski definition) is 1. The van der Waals surface area contributed by atoms with E-state index in [1.807, 2.05) is 0 Å². The van der Waals surface area contributed by atoms with E-state index in [4.69, 9.17) is 0 Å². The van der Waals surface area contributed by atoms with Gasteiger partial charge in [0.05, 0.1) is 16.1 Å². The van der Waals surface area contributed by atoms with E-state index >= 15 is 0 Å². The molecule has 0 radical (unpaired) electrons. The normalized spacial score (nSPS) is 12.9. The van der Waals surface area contributed by atoms with Crippen LogP contribution in [0.25, 0.3) is 0 Å². The van der Waals surface area contributed by atoms with Crippen molar-refractivity contribution in [2.24, 2.45) is 0 Å². The molecule has 0 saturated heterocycles. The number of nitrogens with zero attached hydrogens (tertiary/aromatic N) is 2. The second-order valence-corrected chi connectivity index (χ2v) is 6.40. The molecule has 9 heteroatoms. The molecular formula is C17H13N3O5S. The van der Waals surface area contributed by atoms with E-state index in [-0.39, 0.29) is 28.1 Å². The van der Waals surface area contributed by atoms with E-state index in [2.05, 4.69) is 5.32 Å². The van der Waals surface area contributed by atoms with Gasteiger partial charge in [0.15, 0.2) is 0 Å². The van der Waals surface area contributed by atoms with Crippen LogP contribution in [0.3, 0.4) is 0 Å². The lowest BCUT2D eigenvalue weighted by Crippen LogP contribution is -2.24. The SMILES string of the molecule is CSc1ccc([N+](=O)[O-])c(C(=O)Nc2ccc3c(c2)C(=O)N(C)C3=O)c1. The highest BCUT2D eigenvalue weighted by molar-refractivity contribution is 7.98. The van der Waals surface area contributed by atoms with Crippen LogP contribution in [0.5, 0.6) is 0 Å². The van der Waals surface area contributed by atoms with Crippen molar-refractivity contribution < 1.29 is 19.3 Å². The summed E-state index contributed by atoms with van der Waals surface area (Å²) in [5, 5.41) is 13.7. The van der Waals surface area contributed by atoms with Crippen LogP contribution in [0, 0.1) is 10.1 Å². The van der Waals surface area contributed by atoms with Gasteiger partial charge >= 0.3 is 0 Å². The lowest BCUT2D eigenvalue weighted by atomic mass is 10.1. The molecule has 1 aliphatic heterocycles. The maximum atomic E-state index is 12.5. The number of rotatable bonds is 4. The van der Waals surface area contributed by atoms with Crippen molar-refractivity contribution in [2.45, 2.75) is 4.90 Å². The van der Waals surface area contributed by atoms with Gasteiger partial charge in [-0.15, -0.1) is 11.8 Å². The monoisotopic (exact) mass is 371 g/mol. The highest BCUT2D eigenvalue weighted by atomic mass is 32.2. The van der Waals surface area contributed by atoms with Gasteiger partial charge < -0.3 is 5.32 Å². The first kappa shape index (κ1) is 17.6. The number of imide groups is 1. The summed E-state index contributed by atoms with van der Waals surface area (Å²) in [5.41, 5.74) is 0.317. The van der Waals surface area contributed by atoms with Crippen molar-refractivity contribution >= 4 is 40.9 Å². The number of anilines is 1. The van der Waals surface area contributed by atoms with Gasteiger partial charge in [0.2, 0.25) is 0 Å². The van der Waals surface area contributed by atoms with Crippen molar-refractivity contribution in [3.05, 3.63) is 63.2 Å². The van der Waals surface area contributed by atoms with Crippen molar-refractivity contribution in [1.29, 1.82) is 0 Å². The van der Waals surface area contributed by atoms with Crippen molar-refractivity contribution in [3.63, 3.8) is 0 Å². The Hall–Kier alpha value is -3.20. The Morgan fingerprint density at radius 3 is 2.46 bits per heavy atom. The maximum absolute atomic E-state index is 12.5. The second-order valence-electron chi connectivity index (χ2n) is 5.52. The van der Waals surface area contributed by atoms with Crippen LogP contribution in [0.4, 0.5) is 11.4 Å². The Balaban J connectivity index is 1.94. The summed E-state index contributed by atoms with van der Waals surface area (Å²) in [6.07, 6.45) is 1.79. The lowest BCUT2D eigenvalue weighted by Gasteiger charge is -2.08. The highest BCUT2D eigenvalue weighted by Gasteiger charge is 2.33. The van der Waals surface area contributed by atoms with E-state index in [1.165, 1.54) is 49.1 Å². The largest absolute Gasteiger partial charge is 0.322 e. The molecule has 1 N–H and O–H groups in total. The van der Waals surface area contributed by atoms with Crippen LogP contribution in [-0.4, -0.2) is 40.8 Å². The first-order chi connectivity index (χ1) is 12.3. The van der Waals surface area contributed by atoms with Gasteiger partial charge in [0.25, 0.3) is 23.4 Å². The number of nitro benzene ring substituents is 1. The third-order valence-electron chi connectivity index (χ3n) is 3.99. The van der Waals surface area contributed by atoms with Crippen LogP contribution in [-0.2, 0) is 0 Å². The Morgan fingerprint density at radius 1 is 1.12 bits per heavy atom. The number of fused-ring (bicyclic) bond motifs is 1. The zero-order valence-electron chi connectivity index (χ0n) is 13.8. The maximum Gasteiger partial charge on any atom is 0.282 e. The minimum atomic E-state index is -0.669. The summed E-state index contributed by atoms with van der Waals surface area (Å²) in [6.45, 7) is 0. The molecule has 0 fully saturated rings. The Labute approximate surface area is 152 Å². The van der Waals surface area contributed by atoms with Gasteiger partial charge in [-0.2, -0.15) is 0 Å². The standard InChI is InChI=1S/C17H13N3O5S/c1-19-16(22)11-5-3-9(7-12(11)17(19)23)18-15(21)13-8-10(26-2)4-6-14(13)20(24)25/h3-8H,1-2H3,(H,18,21). The number of nitro groups is 1. The van der Waals surface area contributed by atoms with Gasteiger partial charge in [-0.05, 0) is 36.6 Å². The number of amides is 3. The molecule has 3 rings (SSSR count). The Bertz CT molecular complexity index is 973. The molecule has 0 spiro atoms. The number of carbonyl (C=O) groups is 3. The van der Waals surface area contributed by atoms with Gasteiger partial charge in [-0.3, -0.25) is 29.4 Å². The second kappa shape index (κ2) is 6.60. The molecule has 0 unspecified atom stereocenters. The molecule has 0 aromatic heterocycles. The average molecular weight is 371 g/mol. The molecule has 2 aromatic carbocycles. The summed E-state index contributed by atoms with van der Waals surface area (Å²) in [6, 6.07) is 8.59. The van der Waals surface area contributed by atoms with Crippen LogP contribution in [0.1, 0.15) is 31.1 Å². The van der Waals surface area contributed by atoms with E-state index in [9.17, 15) is 24.5 Å². The molecular weight excluding hydrogens is 358 g/mol. The number of hydrogen-bond acceptors (Lipinski definition) is 6. The number of nitrogens with one attached hydrogen (secondary N) is 1. The molecule has 132 valence electrons. The van der Waals surface area contributed by atoms with Gasteiger partial charge in [-0.1, -0.05) is 0 Å². The number of thioether (sulfide) groups is 1. The van der Waals surface area contributed by atoms with Crippen LogP contribution < -0.4 is 5.32 Å². The molecule has 3 amide bonds. The Morgan fingerprint density at radius 2 is 1.81 bits per heavy atom. The predicted octanol–water partition coefficient (Wildman–Crippen LogP) is 2.79. The number of benzene rings is 2. The van der Waals surface area contributed by atoms with E-state index in [0.29, 0.717) is 4.90 Å². The zero-order chi connectivity index (χ0) is 19.0. The van der Waals surface area contributed by atoms with Crippen molar-refractivity contribution in [1.82, 2.24) is 4.90 Å². The quantitative estimate of drug-likeness (QED) is 0.383. The minimum absolute atomic E-state index is 0.0816. The number of carbonyl (C=O) groups excluding carboxylic acids is 3. The Kier molecular flexibility index (Phi) is 4.47. The zero-order valence-corrected chi connectivity index (χ0v) is 14.6. The third-order valence-corrected chi connectivity index (χ3v) is 4.72. The fraction of sp³-hybridized carbons (Fsp3) is 0.118. The van der Waals surface area contributed by atoms with Crippen molar-refractivity contribution in [3.8, 4) is 0 Å². The smallest absolute Gasteiger partial charge is 0.282 e. The van der Waals surface area contributed by atoms with Gasteiger partial charge in [0, 0.05) is 23.7 Å². The molecule has 1 aliphatic rings. The van der Waals surface area contributed by atoms with Crippen molar-refractivity contribution in [2.75, 3.05) is 18.6 Å². The molecule has 26 heavy (non-hydrogen) atoms. The molecule has 0 atom stereocenters. The lowest BCUT2D eigenvalue weighted by molar-refractivity contribution is -0.385. The summed E-state index contributed by atoms with van der Waals surface area (Å²) in [7, 11) is 1.38. The summed E-state index contributed by atoms with van der Waals surface area (Å²) >= 11 is 1.35. The minimum Gasteiger partial charge on any atom is -0.322 e. The summed E-state index contributed by atoms with van der Waals surface area (Å²) in [5.74, 6) is -1.54. The summed E-state index contributed by atoms with van der Waals surface area (Å²) < 4.78 is 0. The van der Waals surface area contributed by atoms with Gasteiger partial charge in [0.1, 0.15) is 5.56 Å². The van der Waals surface area contributed by atoms with E-state index in [1.54, 1.807) is 12.3 Å². The molecule has 0 aliphatic carbocycles. The molecule has 8 nitrogen and oxygen atoms in total. The van der Waals surface area contributed by atoms with Crippen LogP contribution in [0.15, 0.2) is 41.3 Å². The molecule has 0 saturated carbocycles. The fourth-order valence-electron chi connectivity index (χ4n) is 2.62. The summed E-state index contributed by atoms with van der Waals surface area (Å²) in [4.78, 5) is 48.7. The predicted molar refractivity (Wildman–Crippen MR) is 95.7 cm³/mol. The molecule has 0 bridgehead atoms. The van der Waals surface area contributed by atoms with E-state index < -0.39 is 22.6 Å². The van der Waals surface area contributed by atoms with Crippen LogP contribution in [0.2, 0.25) is 0 Å². The molecule has 2 aromatic rings.